The molecule has 1 N–H and O–H groups in total. The molecule has 5 rings (SSSR count). The summed E-state index contributed by atoms with van der Waals surface area (Å²) in [4.78, 5) is 18.5. The summed E-state index contributed by atoms with van der Waals surface area (Å²) < 4.78 is 21.4. The Morgan fingerprint density at radius 3 is 2.66 bits per heavy atom. The molecule has 0 aliphatic carbocycles. The van der Waals surface area contributed by atoms with E-state index in [-0.39, 0.29) is 11.6 Å². The number of likely N-dealkylation sites (N-methyl/N-ethyl adjacent to an activating group) is 1. The number of nitrogens with one attached hydrogen (secondary N) is 1. The van der Waals surface area contributed by atoms with Crippen molar-refractivity contribution in [3.05, 3.63) is 66.9 Å². The van der Waals surface area contributed by atoms with Crippen LogP contribution in [-0.2, 0) is 0 Å². The number of benzene rings is 1. The Hall–Kier alpha value is -4.05. The van der Waals surface area contributed by atoms with Crippen LogP contribution in [0.4, 0.5) is 21.8 Å². The number of anilines is 3. The Bertz CT molecular complexity index is 1390. The SMILES string of the molecule is COc1cccc(F)c1Nc1nccc(-c2cnn(-c3cccc(N4CC(C)CCC(N(C)C)C4)n3)c2)n1. The Balaban J connectivity index is 1.38. The first kappa shape index (κ1) is 25.6. The lowest BCUT2D eigenvalue weighted by Crippen LogP contribution is -2.39. The molecule has 38 heavy (non-hydrogen) atoms. The predicted molar refractivity (Wildman–Crippen MR) is 147 cm³/mol. The monoisotopic (exact) mass is 516 g/mol. The molecule has 3 aromatic heterocycles. The smallest absolute Gasteiger partial charge is 0.227 e. The van der Waals surface area contributed by atoms with E-state index >= 15 is 0 Å². The average molecular weight is 517 g/mol. The Morgan fingerprint density at radius 1 is 1.03 bits per heavy atom. The molecule has 0 bridgehead atoms. The normalized spacial score (nSPS) is 17.9. The van der Waals surface area contributed by atoms with Crippen molar-refractivity contribution in [1.82, 2.24) is 29.6 Å². The molecule has 4 heterocycles. The van der Waals surface area contributed by atoms with Crippen molar-refractivity contribution in [2.45, 2.75) is 25.8 Å². The summed E-state index contributed by atoms with van der Waals surface area (Å²) in [7, 11) is 5.78. The van der Waals surface area contributed by atoms with Crippen LogP contribution in [0, 0.1) is 11.7 Å². The van der Waals surface area contributed by atoms with Gasteiger partial charge in [-0.3, -0.25) is 0 Å². The number of halogens is 1. The predicted octanol–water partition coefficient (Wildman–Crippen LogP) is 4.78. The van der Waals surface area contributed by atoms with Gasteiger partial charge in [0.05, 0.1) is 19.0 Å². The second-order valence-corrected chi connectivity index (χ2v) is 9.94. The molecule has 1 aliphatic rings. The Labute approximate surface area is 222 Å². The van der Waals surface area contributed by atoms with Gasteiger partial charge < -0.3 is 19.9 Å². The zero-order valence-corrected chi connectivity index (χ0v) is 22.2. The number of aromatic nitrogens is 5. The van der Waals surface area contributed by atoms with E-state index in [1.807, 2.05) is 18.3 Å². The highest BCUT2D eigenvalue weighted by atomic mass is 19.1. The second-order valence-electron chi connectivity index (χ2n) is 9.94. The zero-order valence-electron chi connectivity index (χ0n) is 22.2. The van der Waals surface area contributed by atoms with Crippen LogP contribution in [0.5, 0.6) is 5.75 Å². The number of ether oxygens (including phenoxy) is 1. The molecule has 2 atom stereocenters. The van der Waals surface area contributed by atoms with Crippen LogP contribution in [0.25, 0.3) is 17.1 Å². The number of rotatable bonds is 7. The van der Waals surface area contributed by atoms with Crippen molar-refractivity contribution < 1.29 is 9.13 Å². The highest BCUT2D eigenvalue weighted by Crippen LogP contribution is 2.30. The first-order valence-electron chi connectivity index (χ1n) is 12.8. The van der Waals surface area contributed by atoms with Crippen molar-refractivity contribution in [3.8, 4) is 22.8 Å². The van der Waals surface area contributed by atoms with E-state index in [0.717, 1.165) is 30.3 Å². The van der Waals surface area contributed by atoms with Crippen molar-refractivity contribution in [2.75, 3.05) is 44.5 Å². The fraction of sp³-hybridized carbons (Fsp3) is 0.357. The van der Waals surface area contributed by atoms with Crippen molar-refractivity contribution >= 4 is 17.5 Å². The molecule has 0 saturated carbocycles. The van der Waals surface area contributed by atoms with E-state index in [1.54, 1.807) is 35.3 Å². The number of hydrogen-bond donors (Lipinski definition) is 1. The van der Waals surface area contributed by atoms with E-state index in [0.29, 0.717) is 23.4 Å². The van der Waals surface area contributed by atoms with Gasteiger partial charge in [-0.2, -0.15) is 5.10 Å². The maximum absolute atomic E-state index is 14.4. The van der Waals surface area contributed by atoms with Crippen molar-refractivity contribution in [1.29, 1.82) is 0 Å². The van der Waals surface area contributed by atoms with Crippen LogP contribution in [0.15, 0.2) is 61.1 Å². The van der Waals surface area contributed by atoms with Gasteiger partial charge in [-0.1, -0.05) is 19.1 Å². The van der Waals surface area contributed by atoms with E-state index in [4.69, 9.17) is 9.72 Å². The number of nitrogens with zero attached hydrogens (tertiary/aromatic N) is 7. The van der Waals surface area contributed by atoms with Crippen LogP contribution in [0.3, 0.4) is 0 Å². The summed E-state index contributed by atoms with van der Waals surface area (Å²) in [5.41, 5.74) is 1.62. The zero-order chi connectivity index (χ0) is 26.6. The van der Waals surface area contributed by atoms with Crippen LogP contribution < -0.4 is 15.0 Å². The molecule has 1 saturated heterocycles. The summed E-state index contributed by atoms with van der Waals surface area (Å²) in [6, 6.07) is 12.9. The molecule has 4 aromatic rings. The molecule has 0 amide bonds. The van der Waals surface area contributed by atoms with Crippen molar-refractivity contribution in [3.63, 3.8) is 0 Å². The molecular weight excluding hydrogens is 483 g/mol. The van der Waals surface area contributed by atoms with Gasteiger partial charge in [0.1, 0.15) is 17.3 Å². The quantitative estimate of drug-likeness (QED) is 0.376. The van der Waals surface area contributed by atoms with Crippen LogP contribution in [-0.4, -0.2) is 70.0 Å². The summed E-state index contributed by atoms with van der Waals surface area (Å²) in [6.07, 6.45) is 7.64. The minimum atomic E-state index is -0.451. The van der Waals surface area contributed by atoms with E-state index in [1.165, 1.54) is 26.0 Å². The van der Waals surface area contributed by atoms with Crippen LogP contribution >= 0.6 is 0 Å². The summed E-state index contributed by atoms with van der Waals surface area (Å²) in [5, 5.41) is 7.48. The summed E-state index contributed by atoms with van der Waals surface area (Å²) in [5.74, 6) is 2.46. The first-order chi connectivity index (χ1) is 18.4. The average Bonchev–Trinajstić information content (AvgIpc) is 3.33. The summed E-state index contributed by atoms with van der Waals surface area (Å²) in [6.45, 7) is 4.23. The van der Waals surface area contributed by atoms with Gasteiger partial charge in [-0.15, -0.1) is 0 Å². The lowest BCUT2D eigenvalue weighted by atomic mass is 10.0. The highest BCUT2D eigenvalue weighted by Gasteiger charge is 2.24. The molecule has 1 aromatic carbocycles. The molecule has 1 aliphatic heterocycles. The van der Waals surface area contributed by atoms with E-state index in [2.05, 4.69) is 57.3 Å². The fourth-order valence-electron chi connectivity index (χ4n) is 4.76. The lowest BCUT2D eigenvalue weighted by Gasteiger charge is -2.29. The number of para-hydroxylation sites is 1. The molecule has 9 nitrogen and oxygen atoms in total. The van der Waals surface area contributed by atoms with Gasteiger partial charge >= 0.3 is 0 Å². The minimum Gasteiger partial charge on any atom is -0.494 e. The summed E-state index contributed by atoms with van der Waals surface area (Å²) >= 11 is 0. The molecule has 1 fully saturated rings. The largest absolute Gasteiger partial charge is 0.494 e. The number of pyridine rings is 1. The van der Waals surface area contributed by atoms with Crippen LogP contribution in [0.1, 0.15) is 19.8 Å². The Kier molecular flexibility index (Phi) is 7.50. The van der Waals surface area contributed by atoms with Crippen LogP contribution in [0.2, 0.25) is 0 Å². The van der Waals surface area contributed by atoms with Gasteiger partial charge in [-0.05, 0) is 63.2 Å². The Morgan fingerprint density at radius 2 is 1.84 bits per heavy atom. The van der Waals surface area contributed by atoms with E-state index < -0.39 is 5.82 Å². The van der Waals surface area contributed by atoms with Gasteiger partial charge in [0.15, 0.2) is 11.6 Å². The van der Waals surface area contributed by atoms with Gasteiger partial charge in [-0.25, -0.2) is 24.0 Å². The minimum absolute atomic E-state index is 0.184. The molecular formula is C28H33FN8O. The molecule has 0 spiro atoms. The number of hydrogen-bond acceptors (Lipinski definition) is 8. The maximum Gasteiger partial charge on any atom is 0.227 e. The molecule has 10 heteroatoms. The first-order valence-corrected chi connectivity index (χ1v) is 12.8. The fourth-order valence-corrected chi connectivity index (χ4v) is 4.76. The van der Waals surface area contributed by atoms with Gasteiger partial charge in [0, 0.05) is 37.1 Å². The third-order valence-corrected chi connectivity index (χ3v) is 6.93. The lowest BCUT2D eigenvalue weighted by molar-refractivity contribution is 0.282. The second kappa shape index (κ2) is 11.1. The highest BCUT2D eigenvalue weighted by molar-refractivity contribution is 5.65. The maximum atomic E-state index is 14.4. The topological polar surface area (TPSA) is 84.2 Å². The molecule has 0 radical (unpaired) electrons. The van der Waals surface area contributed by atoms with Gasteiger partial charge in [0.2, 0.25) is 5.95 Å². The third kappa shape index (κ3) is 5.60. The third-order valence-electron chi connectivity index (χ3n) is 6.93. The molecule has 2 unspecified atom stereocenters. The van der Waals surface area contributed by atoms with E-state index in [9.17, 15) is 4.39 Å². The number of methoxy groups -OCH3 is 1. The molecule has 198 valence electrons. The van der Waals surface area contributed by atoms with Gasteiger partial charge in [0.25, 0.3) is 0 Å². The standard InChI is InChI=1S/C28H33FN8O/c1-19-11-12-21(35(2)3)18-36(16-19)25-9-6-10-26(33-25)37-17-20(15-31-37)23-13-14-30-28(32-23)34-27-22(29)7-5-8-24(27)38-4/h5-10,13-15,17,19,21H,11-12,16,18H2,1-4H3,(H,30,32,34). The van der Waals surface area contributed by atoms with Crippen molar-refractivity contribution in [2.24, 2.45) is 5.92 Å².